The number of carbonyl (C=O) groups is 2. The van der Waals surface area contributed by atoms with Gasteiger partial charge in [-0.2, -0.15) is 0 Å². The number of methoxy groups -OCH3 is 2. The summed E-state index contributed by atoms with van der Waals surface area (Å²) in [5.74, 6) is 0.884. The van der Waals surface area contributed by atoms with E-state index in [1.54, 1.807) is 68.7 Å². The Bertz CT molecular complexity index is 1160. The highest BCUT2D eigenvalue weighted by Crippen LogP contribution is 2.36. The van der Waals surface area contributed by atoms with E-state index >= 15 is 0 Å². The maximum Gasteiger partial charge on any atom is 0.255 e. The van der Waals surface area contributed by atoms with Gasteiger partial charge in [-0.15, -0.1) is 0 Å². The Morgan fingerprint density at radius 3 is 2.09 bits per heavy atom. The van der Waals surface area contributed by atoms with Gasteiger partial charge in [0.2, 0.25) is 0 Å². The lowest BCUT2D eigenvalue weighted by molar-refractivity contribution is -0.130. The predicted molar refractivity (Wildman–Crippen MR) is 128 cm³/mol. The van der Waals surface area contributed by atoms with Gasteiger partial charge in [0.05, 0.1) is 19.9 Å². The van der Waals surface area contributed by atoms with Crippen molar-refractivity contribution >= 4 is 29.4 Å². The van der Waals surface area contributed by atoms with E-state index in [2.05, 4.69) is 10.3 Å². The summed E-state index contributed by atoms with van der Waals surface area (Å²) in [7, 11) is 3.19. The number of hydrogen-bond acceptors (Lipinski definition) is 5. The molecular weight excluding hydrogens is 418 g/mol. The first-order valence-electron chi connectivity index (χ1n) is 10.5. The van der Waals surface area contributed by atoms with Gasteiger partial charge >= 0.3 is 0 Å². The molecule has 4 rings (SSSR count). The number of hydrogen-bond donors (Lipinski definition) is 1. The summed E-state index contributed by atoms with van der Waals surface area (Å²) in [5.41, 5.74) is 0.739. The van der Waals surface area contributed by atoms with Gasteiger partial charge in [-0.1, -0.05) is 18.2 Å². The minimum atomic E-state index is -1.15. The topological polar surface area (TPSA) is 80.2 Å². The Hall–Kier alpha value is -4.13. The van der Waals surface area contributed by atoms with Crippen molar-refractivity contribution in [2.75, 3.05) is 19.1 Å². The molecule has 1 heterocycles. The van der Waals surface area contributed by atoms with Crippen molar-refractivity contribution in [1.82, 2.24) is 5.32 Å². The molecule has 7 heteroatoms. The first-order chi connectivity index (χ1) is 16.0. The molecule has 3 aromatic carbocycles. The molecule has 1 fully saturated rings. The lowest BCUT2D eigenvalue weighted by Gasteiger charge is -2.52. The van der Waals surface area contributed by atoms with E-state index in [4.69, 9.17) is 9.47 Å². The molecule has 1 aliphatic heterocycles. The second-order valence-corrected chi connectivity index (χ2v) is 7.82. The third-order valence-electron chi connectivity index (χ3n) is 5.73. The molecule has 0 aromatic heterocycles. The van der Waals surface area contributed by atoms with E-state index in [-0.39, 0.29) is 11.8 Å². The van der Waals surface area contributed by atoms with Crippen LogP contribution in [0.1, 0.15) is 17.3 Å². The van der Waals surface area contributed by atoms with Crippen LogP contribution >= 0.6 is 0 Å². The van der Waals surface area contributed by atoms with Gasteiger partial charge in [0.25, 0.3) is 11.8 Å². The summed E-state index contributed by atoms with van der Waals surface area (Å²) in [6.07, 6.45) is 1.69. The number of carbonyl (C=O) groups excluding carboxylic acids is 2. The van der Waals surface area contributed by atoms with Crippen molar-refractivity contribution in [2.45, 2.75) is 18.5 Å². The number of benzene rings is 3. The number of amides is 2. The molecule has 3 aromatic rings. The average Bonchev–Trinajstić information content (AvgIpc) is 2.87. The zero-order valence-electron chi connectivity index (χ0n) is 18.7. The number of rotatable bonds is 7. The second-order valence-electron chi connectivity index (χ2n) is 7.82. The lowest BCUT2D eigenvalue weighted by Crippen LogP contribution is -2.80. The van der Waals surface area contributed by atoms with Crippen molar-refractivity contribution in [1.29, 1.82) is 0 Å². The van der Waals surface area contributed by atoms with Crippen LogP contribution in [0.3, 0.4) is 0 Å². The maximum absolute atomic E-state index is 13.3. The fourth-order valence-corrected chi connectivity index (χ4v) is 3.78. The highest BCUT2D eigenvalue weighted by molar-refractivity contribution is 6.16. The van der Waals surface area contributed by atoms with E-state index in [1.807, 2.05) is 42.5 Å². The zero-order valence-corrected chi connectivity index (χ0v) is 18.7. The van der Waals surface area contributed by atoms with Gasteiger partial charge in [0, 0.05) is 17.5 Å². The molecule has 0 aliphatic carbocycles. The largest absolute Gasteiger partial charge is 0.497 e. The molecule has 0 unspecified atom stereocenters. The van der Waals surface area contributed by atoms with Crippen LogP contribution in [-0.2, 0) is 4.79 Å². The van der Waals surface area contributed by atoms with Crippen LogP contribution in [-0.4, -0.2) is 43.8 Å². The van der Waals surface area contributed by atoms with Gasteiger partial charge in [0.1, 0.15) is 23.1 Å². The number of β-lactam (4-membered cyclic amide) rings is 1. The maximum atomic E-state index is 13.3. The quantitative estimate of drug-likeness (QED) is 0.442. The molecule has 1 saturated heterocycles. The third-order valence-corrected chi connectivity index (χ3v) is 5.73. The van der Waals surface area contributed by atoms with E-state index in [9.17, 15) is 9.59 Å². The van der Waals surface area contributed by atoms with E-state index in [0.29, 0.717) is 22.7 Å². The fraction of sp³-hybridized carbons (Fsp3) is 0.192. The van der Waals surface area contributed by atoms with Gasteiger partial charge in [-0.25, -0.2) is 0 Å². The Kier molecular flexibility index (Phi) is 6.13. The average molecular weight is 444 g/mol. The summed E-state index contributed by atoms with van der Waals surface area (Å²) < 4.78 is 10.4. The summed E-state index contributed by atoms with van der Waals surface area (Å²) in [4.78, 5) is 32.4. The predicted octanol–water partition coefficient (Wildman–Crippen LogP) is 4.01. The van der Waals surface area contributed by atoms with Crippen LogP contribution in [0.15, 0.2) is 83.9 Å². The number of anilines is 1. The molecule has 0 radical (unpaired) electrons. The minimum Gasteiger partial charge on any atom is -0.497 e. The first-order valence-corrected chi connectivity index (χ1v) is 10.5. The Balaban J connectivity index is 1.64. The zero-order chi connectivity index (χ0) is 23.4. The number of ether oxygens (including phenoxy) is 2. The normalized spacial score (nSPS) is 19.8. The van der Waals surface area contributed by atoms with Crippen LogP contribution in [0.4, 0.5) is 11.4 Å². The standard InChI is InChI=1S/C26H25N3O4/c1-26(28-24(30)18-7-5-4-6-8-18)23(17-27-19-9-13-21(32-2)14-10-19)29(25(26)31)20-11-15-22(33-3)16-12-20/h4-17,23H,1-3H3,(H,28,30)/t23-,26-/m1/s1. The van der Waals surface area contributed by atoms with Crippen molar-refractivity contribution < 1.29 is 19.1 Å². The molecule has 0 saturated carbocycles. The molecular formula is C26H25N3O4. The second kappa shape index (κ2) is 9.16. The molecule has 0 bridgehead atoms. The molecule has 168 valence electrons. The summed E-state index contributed by atoms with van der Waals surface area (Å²) in [5, 5.41) is 2.92. The summed E-state index contributed by atoms with van der Waals surface area (Å²) in [6.45, 7) is 1.72. The van der Waals surface area contributed by atoms with Gasteiger partial charge in [-0.05, 0) is 67.6 Å². The summed E-state index contributed by atoms with van der Waals surface area (Å²) >= 11 is 0. The highest BCUT2D eigenvalue weighted by atomic mass is 16.5. The van der Waals surface area contributed by atoms with Gasteiger partial charge < -0.3 is 14.8 Å². The van der Waals surface area contributed by atoms with Crippen molar-refractivity contribution in [2.24, 2.45) is 4.99 Å². The Labute approximate surface area is 192 Å². The van der Waals surface area contributed by atoms with Crippen molar-refractivity contribution in [3.63, 3.8) is 0 Å². The third kappa shape index (κ3) is 4.30. The minimum absolute atomic E-state index is 0.219. The Morgan fingerprint density at radius 1 is 0.939 bits per heavy atom. The van der Waals surface area contributed by atoms with Gasteiger partial charge in [0.15, 0.2) is 0 Å². The van der Waals surface area contributed by atoms with Gasteiger partial charge in [-0.3, -0.25) is 19.5 Å². The van der Waals surface area contributed by atoms with Crippen LogP contribution < -0.4 is 19.7 Å². The van der Waals surface area contributed by atoms with Crippen molar-refractivity contribution in [3.05, 3.63) is 84.4 Å². The lowest BCUT2D eigenvalue weighted by atomic mass is 9.80. The Morgan fingerprint density at radius 2 is 1.52 bits per heavy atom. The highest BCUT2D eigenvalue weighted by Gasteiger charge is 2.58. The number of nitrogens with zero attached hydrogens (tertiary/aromatic N) is 2. The molecule has 33 heavy (non-hydrogen) atoms. The molecule has 1 aliphatic rings. The number of aliphatic imine (C=N–C) groups is 1. The van der Waals surface area contributed by atoms with E-state index < -0.39 is 11.6 Å². The molecule has 2 atom stereocenters. The SMILES string of the molecule is COc1ccc(N=C[C@H]2N(c3ccc(OC)cc3)C(=O)[C@]2(C)NC(=O)c2ccccc2)cc1. The van der Waals surface area contributed by atoms with Crippen LogP contribution in [0.25, 0.3) is 0 Å². The van der Waals surface area contributed by atoms with Crippen LogP contribution in [0, 0.1) is 0 Å². The first kappa shape index (κ1) is 22.1. The van der Waals surface area contributed by atoms with Crippen LogP contribution in [0.2, 0.25) is 0 Å². The molecule has 0 spiro atoms. The fourth-order valence-electron chi connectivity index (χ4n) is 3.78. The summed E-state index contributed by atoms with van der Waals surface area (Å²) in [6, 6.07) is 22.8. The number of nitrogens with one attached hydrogen (secondary N) is 1. The molecule has 1 N–H and O–H groups in total. The monoisotopic (exact) mass is 443 g/mol. The molecule has 7 nitrogen and oxygen atoms in total. The smallest absolute Gasteiger partial charge is 0.255 e. The molecule has 2 amide bonds. The van der Waals surface area contributed by atoms with Crippen LogP contribution in [0.5, 0.6) is 11.5 Å². The van der Waals surface area contributed by atoms with E-state index in [0.717, 1.165) is 5.75 Å². The van der Waals surface area contributed by atoms with Crippen molar-refractivity contribution in [3.8, 4) is 11.5 Å². The van der Waals surface area contributed by atoms with E-state index in [1.165, 1.54) is 0 Å².